The van der Waals surface area contributed by atoms with Crippen LogP contribution in [0.1, 0.15) is 24.6 Å². The monoisotopic (exact) mass is 285 g/mol. The number of hydrogen-bond donors (Lipinski definition) is 1. The van der Waals surface area contributed by atoms with E-state index in [1.54, 1.807) is 17.4 Å². The van der Waals surface area contributed by atoms with Crippen molar-refractivity contribution in [1.82, 2.24) is 5.32 Å². The second-order valence-corrected chi connectivity index (χ2v) is 6.52. The van der Waals surface area contributed by atoms with E-state index in [1.165, 1.54) is 0 Å². The average molecular weight is 286 g/mol. The van der Waals surface area contributed by atoms with Crippen LogP contribution in [0.3, 0.4) is 0 Å². The van der Waals surface area contributed by atoms with Crippen LogP contribution in [0.2, 0.25) is 0 Å². The Morgan fingerprint density at radius 2 is 2.33 bits per heavy atom. The second kappa shape index (κ2) is 4.10. The van der Waals surface area contributed by atoms with E-state index >= 15 is 0 Å². The van der Waals surface area contributed by atoms with Gasteiger partial charge in [-0.2, -0.15) is 0 Å². The first-order valence-corrected chi connectivity index (χ1v) is 6.44. The third-order valence-corrected chi connectivity index (χ3v) is 4.01. The first-order chi connectivity index (χ1) is 7.07. The summed E-state index contributed by atoms with van der Waals surface area (Å²) in [6, 6.07) is 3.96. The fourth-order valence-electron chi connectivity index (χ4n) is 1.23. The summed E-state index contributed by atoms with van der Waals surface area (Å²) in [5, 5.41) is 2.97. The maximum absolute atomic E-state index is 11.5. The van der Waals surface area contributed by atoms with Crippen LogP contribution in [-0.2, 0) is 4.79 Å². The van der Waals surface area contributed by atoms with Crippen molar-refractivity contribution in [3.63, 3.8) is 0 Å². The van der Waals surface area contributed by atoms with Crippen LogP contribution in [0.15, 0.2) is 22.0 Å². The molecule has 1 aliphatic carbocycles. The molecule has 1 aromatic rings. The van der Waals surface area contributed by atoms with Crippen molar-refractivity contribution in [2.45, 2.75) is 25.3 Å². The van der Waals surface area contributed by atoms with Crippen molar-refractivity contribution in [2.75, 3.05) is 0 Å². The van der Waals surface area contributed by atoms with Gasteiger partial charge in [0.2, 0.25) is 5.91 Å². The Morgan fingerprint density at radius 3 is 2.87 bits per heavy atom. The molecule has 1 N–H and O–H groups in total. The molecule has 1 amide bonds. The number of halogens is 1. The number of rotatable bonds is 3. The zero-order valence-corrected chi connectivity index (χ0v) is 10.8. The van der Waals surface area contributed by atoms with Gasteiger partial charge >= 0.3 is 0 Å². The molecule has 0 aromatic carbocycles. The summed E-state index contributed by atoms with van der Waals surface area (Å²) < 4.78 is 1.08. The lowest BCUT2D eigenvalue weighted by atomic mass is 10.3. The normalized spacial score (nSPS) is 18.0. The largest absolute Gasteiger partial charge is 0.347 e. The van der Waals surface area contributed by atoms with Gasteiger partial charge < -0.3 is 5.32 Å². The van der Waals surface area contributed by atoms with Crippen molar-refractivity contribution in [2.24, 2.45) is 0 Å². The number of amides is 1. The van der Waals surface area contributed by atoms with Crippen molar-refractivity contribution in [3.8, 4) is 0 Å². The van der Waals surface area contributed by atoms with E-state index in [2.05, 4.69) is 28.2 Å². The van der Waals surface area contributed by atoms with Gasteiger partial charge in [-0.25, -0.2) is 0 Å². The Kier molecular flexibility index (Phi) is 2.98. The highest BCUT2D eigenvalue weighted by Crippen LogP contribution is 2.34. The summed E-state index contributed by atoms with van der Waals surface area (Å²) >= 11 is 5.00. The van der Waals surface area contributed by atoms with Gasteiger partial charge in [0.1, 0.15) is 0 Å². The van der Waals surface area contributed by atoms with E-state index < -0.39 is 0 Å². The Labute approximate surface area is 102 Å². The molecule has 0 atom stereocenters. The molecule has 0 spiro atoms. The first-order valence-electron chi connectivity index (χ1n) is 4.83. The fourth-order valence-corrected chi connectivity index (χ4v) is 2.55. The topological polar surface area (TPSA) is 29.1 Å². The maximum atomic E-state index is 11.5. The molecule has 1 heterocycles. The lowest BCUT2D eigenvalue weighted by molar-refractivity contribution is -0.117. The van der Waals surface area contributed by atoms with E-state index in [4.69, 9.17) is 0 Å². The summed E-state index contributed by atoms with van der Waals surface area (Å²) in [4.78, 5) is 12.6. The van der Waals surface area contributed by atoms with E-state index in [9.17, 15) is 4.79 Å². The number of nitrogens with one attached hydrogen (secondary N) is 1. The minimum atomic E-state index is -0.000442. The quantitative estimate of drug-likeness (QED) is 0.849. The van der Waals surface area contributed by atoms with Gasteiger partial charge in [0, 0.05) is 16.5 Å². The molecule has 0 bridgehead atoms. The van der Waals surface area contributed by atoms with Gasteiger partial charge in [0.25, 0.3) is 0 Å². The third kappa shape index (κ3) is 3.18. The van der Waals surface area contributed by atoms with Crippen LogP contribution in [0, 0.1) is 0 Å². The highest BCUT2D eigenvalue weighted by atomic mass is 79.9. The third-order valence-electron chi connectivity index (χ3n) is 2.42. The van der Waals surface area contributed by atoms with Crippen LogP contribution in [0.25, 0.3) is 6.08 Å². The van der Waals surface area contributed by atoms with Gasteiger partial charge in [-0.15, -0.1) is 11.3 Å². The minimum absolute atomic E-state index is 0.000442. The number of carbonyl (C=O) groups is 1. The van der Waals surface area contributed by atoms with Crippen LogP contribution in [0.4, 0.5) is 0 Å². The highest BCUT2D eigenvalue weighted by Gasteiger charge is 2.38. The smallest absolute Gasteiger partial charge is 0.244 e. The van der Waals surface area contributed by atoms with Crippen LogP contribution >= 0.6 is 27.3 Å². The molecule has 2 rings (SSSR count). The summed E-state index contributed by atoms with van der Waals surface area (Å²) in [7, 11) is 0. The maximum Gasteiger partial charge on any atom is 0.244 e. The standard InChI is InChI=1S/C11H12BrNOS/c1-11(6-7-11)13-10(14)5-3-8-2-4-9(12)15-8/h2-5H,6-7H2,1H3,(H,13,14)/b5-3-. The number of carbonyl (C=O) groups excluding carboxylic acids is 1. The molecule has 80 valence electrons. The molecule has 4 heteroatoms. The van der Waals surface area contributed by atoms with Crippen LogP contribution in [0.5, 0.6) is 0 Å². The van der Waals surface area contributed by atoms with E-state index in [1.807, 2.05) is 18.2 Å². The molecule has 1 aliphatic rings. The molecular weight excluding hydrogens is 274 g/mol. The molecular formula is C11H12BrNOS. The molecule has 1 aromatic heterocycles. The van der Waals surface area contributed by atoms with Gasteiger partial charge in [0.15, 0.2) is 0 Å². The van der Waals surface area contributed by atoms with Gasteiger partial charge in [-0.3, -0.25) is 4.79 Å². The molecule has 0 unspecified atom stereocenters. The minimum Gasteiger partial charge on any atom is -0.347 e. The molecule has 1 fully saturated rings. The van der Waals surface area contributed by atoms with E-state index in [0.717, 1.165) is 21.5 Å². The van der Waals surface area contributed by atoms with E-state index in [0.29, 0.717) is 0 Å². The zero-order chi connectivity index (χ0) is 10.9. The second-order valence-electron chi connectivity index (χ2n) is 4.03. The lowest BCUT2D eigenvalue weighted by Gasteiger charge is -2.07. The van der Waals surface area contributed by atoms with Gasteiger partial charge in [-0.05, 0) is 53.9 Å². The lowest BCUT2D eigenvalue weighted by Crippen LogP contribution is -2.32. The van der Waals surface area contributed by atoms with Crippen molar-refractivity contribution in [1.29, 1.82) is 0 Å². The average Bonchev–Trinajstić information content (AvgIpc) is 2.74. The predicted molar refractivity (Wildman–Crippen MR) is 66.8 cm³/mol. The Morgan fingerprint density at radius 1 is 1.60 bits per heavy atom. The molecule has 15 heavy (non-hydrogen) atoms. The molecule has 0 radical (unpaired) electrons. The van der Waals surface area contributed by atoms with Gasteiger partial charge in [-0.1, -0.05) is 0 Å². The molecule has 2 nitrogen and oxygen atoms in total. The Bertz CT molecular complexity index is 406. The predicted octanol–water partition coefficient (Wildman–Crippen LogP) is 3.19. The fraction of sp³-hybridized carbons (Fsp3) is 0.364. The van der Waals surface area contributed by atoms with Crippen molar-refractivity contribution < 1.29 is 4.79 Å². The summed E-state index contributed by atoms with van der Waals surface area (Å²) in [5.74, 6) is -0.000442. The zero-order valence-electron chi connectivity index (χ0n) is 8.42. The number of thiophene rings is 1. The summed E-state index contributed by atoms with van der Waals surface area (Å²) in [6.07, 6.45) is 5.63. The van der Waals surface area contributed by atoms with Crippen LogP contribution in [-0.4, -0.2) is 11.4 Å². The SMILES string of the molecule is CC1(NC(=O)/C=C\c2ccc(Br)s2)CC1. The van der Waals surface area contributed by atoms with Crippen molar-refractivity contribution in [3.05, 3.63) is 26.9 Å². The van der Waals surface area contributed by atoms with E-state index in [-0.39, 0.29) is 11.4 Å². The summed E-state index contributed by atoms with van der Waals surface area (Å²) in [5.41, 5.74) is 0.0669. The molecule has 1 saturated carbocycles. The first kappa shape index (κ1) is 10.9. The Hall–Kier alpha value is -0.610. The van der Waals surface area contributed by atoms with Crippen LogP contribution < -0.4 is 5.32 Å². The summed E-state index contributed by atoms with van der Waals surface area (Å²) in [6.45, 7) is 2.07. The number of hydrogen-bond acceptors (Lipinski definition) is 2. The molecule has 0 saturated heterocycles. The van der Waals surface area contributed by atoms with Crippen molar-refractivity contribution >= 4 is 39.2 Å². The highest BCUT2D eigenvalue weighted by molar-refractivity contribution is 9.11. The Balaban J connectivity index is 1.90. The molecule has 0 aliphatic heterocycles. The van der Waals surface area contributed by atoms with Gasteiger partial charge in [0.05, 0.1) is 3.79 Å².